The predicted molar refractivity (Wildman–Crippen MR) is 69.4 cm³/mol. The van der Waals surface area contributed by atoms with Gasteiger partial charge in [-0.25, -0.2) is 0 Å². The third kappa shape index (κ3) is 2.16. The molecular weight excluding hydrogens is 300 g/mol. The highest BCUT2D eigenvalue weighted by Gasteiger charge is 2.42. The SMILES string of the molecule is Cn1cc(Br)cc1C(=O)N1CCC(C)(C(=O)O)C1. The minimum Gasteiger partial charge on any atom is -0.481 e. The molecule has 1 aromatic rings. The lowest BCUT2D eigenvalue weighted by Crippen LogP contribution is -2.35. The zero-order chi connectivity index (χ0) is 13.5. The fourth-order valence-electron chi connectivity index (χ4n) is 2.21. The summed E-state index contributed by atoms with van der Waals surface area (Å²) >= 11 is 3.32. The molecule has 1 fully saturated rings. The largest absolute Gasteiger partial charge is 0.481 e. The van der Waals surface area contributed by atoms with Crippen molar-refractivity contribution in [2.45, 2.75) is 13.3 Å². The van der Waals surface area contributed by atoms with E-state index in [0.717, 1.165) is 4.47 Å². The van der Waals surface area contributed by atoms with Crippen molar-refractivity contribution in [2.75, 3.05) is 13.1 Å². The van der Waals surface area contributed by atoms with Crippen LogP contribution in [-0.4, -0.2) is 39.5 Å². The zero-order valence-electron chi connectivity index (χ0n) is 10.3. The Labute approximate surface area is 114 Å². The van der Waals surface area contributed by atoms with E-state index in [1.165, 1.54) is 0 Å². The number of aliphatic carboxylic acids is 1. The van der Waals surface area contributed by atoms with Crippen LogP contribution in [0.1, 0.15) is 23.8 Å². The number of carboxylic acids is 1. The Bertz CT molecular complexity index is 511. The fourth-order valence-corrected chi connectivity index (χ4v) is 2.73. The average molecular weight is 315 g/mol. The maximum absolute atomic E-state index is 12.3. The van der Waals surface area contributed by atoms with Crippen LogP contribution < -0.4 is 0 Å². The van der Waals surface area contributed by atoms with Gasteiger partial charge in [0.15, 0.2) is 0 Å². The molecule has 0 spiro atoms. The van der Waals surface area contributed by atoms with E-state index in [2.05, 4.69) is 15.9 Å². The molecule has 5 nitrogen and oxygen atoms in total. The van der Waals surface area contributed by atoms with E-state index in [1.54, 1.807) is 35.7 Å². The minimum atomic E-state index is -0.842. The third-order valence-electron chi connectivity index (χ3n) is 3.47. The van der Waals surface area contributed by atoms with Gasteiger partial charge in [0.2, 0.25) is 0 Å². The summed E-state index contributed by atoms with van der Waals surface area (Å²) < 4.78 is 2.58. The second-order valence-electron chi connectivity index (χ2n) is 5.00. The van der Waals surface area contributed by atoms with Crippen LogP contribution in [0.2, 0.25) is 0 Å². The van der Waals surface area contributed by atoms with Gasteiger partial charge in [-0.15, -0.1) is 0 Å². The number of aromatic nitrogens is 1. The van der Waals surface area contributed by atoms with Gasteiger partial charge in [-0.3, -0.25) is 9.59 Å². The van der Waals surface area contributed by atoms with Gasteiger partial charge < -0.3 is 14.6 Å². The van der Waals surface area contributed by atoms with E-state index in [4.69, 9.17) is 5.11 Å². The number of carboxylic acid groups (broad SMARTS) is 1. The van der Waals surface area contributed by atoms with E-state index in [0.29, 0.717) is 18.7 Å². The van der Waals surface area contributed by atoms with E-state index < -0.39 is 11.4 Å². The first-order valence-corrected chi connectivity index (χ1v) is 6.47. The van der Waals surface area contributed by atoms with Gasteiger partial charge in [-0.1, -0.05) is 0 Å². The van der Waals surface area contributed by atoms with Crippen LogP contribution in [0, 0.1) is 5.41 Å². The Hall–Kier alpha value is -1.30. The summed E-state index contributed by atoms with van der Waals surface area (Å²) in [7, 11) is 1.80. The normalized spacial score (nSPS) is 23.4. The molecule has 0 aliphatic carbocycles. The number of hydrogen-bond donors (Lipinski definition) is 1. The standard InChI is InChI=1S/C12H15BrN2O3/c1-12(11(17)18)3-4-15(7-12)10(16)9-5-8(13)6-14(9)2/h5-6H,3-4,7H2,1-2H3,(H,17,18). The summed E-state index contributed by atoms with van der Waals surface area (Å²) in [6.45, 7) is 2.44. The lowest BCUT2D eigenvalue weighted by atomic mass is 9.90. The van der Waals surface area contributed by atoms with Crippen molar-refractivity contribution in [3.63, 3.8) is 0 Å². The Kier molecular flexibility index (Phi) is 3.23. The van der Waals surface area contributed by atoms with Gasteiger partial charge in [-0.05, 0) is 35.3 Å². The molecule has 0 saturated carbocycles. The Balaban J connectivity index is 2.18. The second kappa shape index (κ2) is 4.42. The topological polar surface area (TPSA) is 62.5 Å². The molecule has 1 saturated heterocycles. The fraction of sp³-hybridized carbons (Fsp3) is 0.500. The molecule has 1 N–H and O–H groups in total. The number of halogens is 1. The van der Waals surface area contributed by atoms with Crippen molar-refractivity contribution in [1.29, 1.82) is 0 Å². The monoisotopic (exact) mass is 314 g/mol. The summed E-state index contributed by atoms with van der Waals surface area (Å²) in [5.41, 5.74) is -0.255. The highest BCUT2D eigenvalue weighted by molar-refractivity contribution is 9.10. The maximum Gasteiger partial charge on any atom is 0.311 e. The van der Waals surface area contributed by atoms with Gasteiger partial charge in [0.05, 0.1) is 5.41 Å². The van der Waals surface area contributed by atoms with Crippen molar-refractivity contribution < 1.29 is 14.7 Å². The maximum atomic E-state index is 12.3. The molecule has 1 amide bonds. The zero-order valence-corrected chi connectivity index (χ0v) is 11.9. The highest BCUT2D eigenvalue weighted by Crippen LogP contribution is 2.31. The van der Waals surface area contributed by atoms with Crippen molar-refractivity contribution >= 4 is 27.8 Å². The number of amides is 1. The number of carbonyl (C=O) groups excluding carboxylic acids is 1. The van der Waals surface area contributed by atoms with Gasteiger partial charge in [0, 0.05) is 30.8 Å². The number of likely N-dealkylation sites (tertiary alicyclic amines) is 1. The first-order chi connectivity index (χ1) is 8.33. The van der Waals surface area contributed by atoms with Crippen molar-refractivity contribution in [1.82, 2.24) is 9.47 Å². The lowest BCUT2D eigenvalue weighted by Gasteiger charge is -2.20. The summed E-state index contributed by atoms with van der Waals surface area (Å²) in [4.78, 5) is 25.0. The van der Waals surface area contributed by atoms with Gasteiger partial charge in [0.1, 0.15) is 5.69 Å². The predicted octanol–water partition coefficient (Wildman–Crippen LogP) is 1.72. The first-order valence-electron chi connectivity index (χ1n) is 5.68. The van der Waals surface area contributed by atoms with E-state index in [1.807, 2.05) is 0 Å². The third-order valence-corrected chi connectivity index (χ3v) is 3.90. The van der Waals surface area contributed by atoms with Crippen LogP contribution in [0.4, 0.5) is 0 Å². The van der Waals surface area contributed by atoms with Gasteiger partial charge in [-0.2, -0.15) is 0 Å². The number of hydrogen-bond acceptors (Lipinski definition) is 2. The minimum absolute atomic E-state index is 0.117. The van der Waals surface area contributed by atoms with Gasteiger partial charge >= 0.3 is 5.97 Å². The van der Waals surface area contributed by atoms with Crippen LogP contribution >= 0.6 is 15.9 Å². The molecule has 1 aliphatic rings. The first kappa shape index (κ1) is 13.1. The number of aryl methyl sites for hydroxylation is 1. The van der Waals surface area contributed by atoms with Crippen LogP contribution in [0.3, 0.4) is 0 Å². The van der Waals surface area contributed by atoms with Crippen LogP contribution in [0.15, 0.2) is 16.7 Å². The molecule has 2 rings (SSSR count). The number of nitrogens with zero attached hydrogens (tertiary/aromatic N) is 2. The van der Waals surface area contributed by atoms with Gasteiger partial charge in [0.25, 0.3) is 5.91 Å². The molecular formula is C12H15BrN2O3. The highest BCUT2D eigenvalue weighted by atomic mass is 79.9. The van der Waals surface area contributed by atoms with E-state index in [-0.39, 0.29) is 12.5 Å². The second-order valence-corrected chi connectivity index (χ2v) is 5.91. The average Bonchev–Trinajstić information content (AvgIpc) is 2.82. The molecule has 0 aromatic carbocycles. The van der Waals surface area contributed by atoms with Crippen LogP contribution in [-0.2, 0) is 11.8 Å². The van der Waals surface area contributed by atoms with E-state index >= 15 is 0 Å². The molecule has 18 heavy (non-hydrogen) atoms. The Morgan fingerprint density at radius 3 is 2.61 bits per heavy atom. The van der Waals surface area contributed by atoms with Crippen molar-refractivity contribution in [3.05, 3.63) is 22.4 Å². The molecule has 2 heterocycles. The summed E-state index contributed by atoms with van der Waals surface area (Å²) in [5, 5.41) is 9.15. The molecule has 0 bridgehead atoms. The summed E-state index contributed by atoms with van der Waals surface area (Å²) in [6.07, 6.45) is 2.30. The smallest absolute Gasteiger partial charge is 0.311 e. The molecule has 1 aromatic heterocycles. The summed E-state index contributed by atoms with van der Waals surface area (Å²) in [6, 6.07) is 1.75. The van der Waals surface area contributed by atoms with E-state index in [9.17, 15) is 9.59 Å². The molecule has 0 radical (unpaired) electrons. The Morgan fingerprint density at radius 1 is 1.50 bits per heavy atom. The van der Waals surface area contributed by atoms with Crippen LogP contribution in [0.5, 0.6) is 0 Å². The molecule has 1 aliphatic heterocycles. The van der Waals surface area contributed by atoms with Crippen molar-refractivity contribution in [2.24, 2.45) is 12.5 Å². The van der Waals surface area contributed by atoms with Crippen LogP contribution in [0.25, 0.3) is 0 Å². The Morgan fingerprint density at radius 2 is 2.17 bits per heavy atom. The molecule has 6 heteroatoms. The lowest BCUT2D eigenvalue weighted by molar-refractivity contribution is -0.147. The molecule has 1 unspecified atom stereocenters. The molecule has 98 valence electrons. The molecule has 1 atom stereocenters. The van der Waals surface area contributed by atoms with Crippen molar-refractivity contribution in [3.8, 4) is 0 Å². The number of carbonyl (C=O) groups is 2. The quantitative estimate of drug-likeness (QED) is 0.904. The number of rotatable bonds is 2. The summed E-state index contributed by atoms with van der Waals surface area (Å²) in [5.74, 6) is -0.959.